The van der Waals surface area contributed by atoms with Crippen LogP contribution in [-0.4, -0.2) is 57.2 Å². The second-order valence-electron chi connectivity index (χ2n) is 7.10. The van der Waals surface area contributed by atoms with Gasteiger partial charge in [-0.15, -0.1) is 0 Å². The first kappa shape index (κ1) is 19.0. The molecule has 4 rings (SSSR count). The molecule has 0 N–H and O–H groups in total. The summed E-state index contributed by atoms with van der Waals surface area (Å²) in [6.07, 6.45) is 1.27. The van der Waals surface area contributed by atoms with Gasteiger partial charge in [0.25, 0.3) is 0 Å². The first-order valence-corrected chi connectivity index (χ1v) is 11.1. The maximum Gasteiger partial charge on any atom is 0.211 e. The van der Waals surface area contributed by atoms with E-state index >= 15 is 0 Å². The van der Waals surface area contributed by atoms with Crippen molar-refractivity contribution in [1.82, 2.24) is 9.21 Å². The smallest absolute Gasteiger partial charge is 0.211 e. The normalized spacial score (nSPS) is 16.5. The third-order valence-electron chi connectivity index (χ3n) is 5.17. The van der Waals surface area contributed by atoms with Crippen LogP contribution in [-0.2, 0) is 16.6 Å². The van der Waals surface area contributed by atoms with Gasteiger partial charge in [-0.3, -0.25) is 4.90 Å². The molecule has 0 amide bonds. The van der Waals surface area contributed by atoms with Gasteiger partial charge in [0.15, 0.2) is 0 Å². The lowest BCUT2D eigenvalue weighted by Gasteiger charge is -2.32. The van der Waals surface area contributed by atoms with Gasteiger partial charge < -0.3 is 9.15 Å². The first-order chi connectivity index (χ1) is 13.4. The average Bonchev–Trinajstić information content (AvgIpc) is 3.09. The van der Waals surface area contributed by atoms with E-state index in [1.807, 2.05) is 36.4 Å². The quantitative estimate of drug-likeness (QED) is 0.658. The summed E-state index contributed by atoms with van der Waals surface area (Å²) in [5.74, 6) is 1.73. The lowest BCUT2D eigenvalue weighted by Crippen LogP contribution is -2.47. The molecule has 0 unspecified atom stereocenters. The number of nitrogens with zero attached hydrogens (tertiary/aromatic N) is 2. The van der Waals surface area contributed by atoms with Gasteiger partial charge >= 0.3 is 0 Å². The average molecular weight is 401 g/mol. The van der Waals surface area contributed by atoms with Crippen LogP contribution in [0.2, 0.25) is 0 Å². The van der Waals surface area contributed by atoms with E-state index in [-0.39, 0.29) is 0 Å². The Bertz CT molecular complexity index is 1080. The fourth-order valence-corrected chi connectivity index (χ4v) is 4.49. The van der Waals surface area contributed by atoms with Crippen LogP contribution in [0.1, 0.15) is 5.76 Å². The van der Waals surface area contributed by atoms with Crippen LogP contribution in [0.15, 0.2) is 52.9 Å². The van der Waals surface area contributed by atoms with Crippen molar-refractivity contribution in [3.05, 3.63) is 54.3 Å². The predicted molar refractivity (Wildman–Crippen MR) is 110 cm³/mol. The predicted octanol–water partition coefficient (Wildman–Crippen LogP) is 3.19. The molecule has 1 aromatic heterocycles. The standard InChI is InChI=1S/C21H24N2O4S/c1-26-21-6-4-3-5-19(21)16-7-8-20-17(13-16)14-18(27-20)15-22-9-11-23(12-10-22)28(2,24)25/h3-8,13-14H,9-12,15H2,1-2H3. The largest absolute Gasteiger partial charge is 0.496 e. The third-order valence-corrected chi connectivity index (χ3v) is 6.47. The van der Waals surface area contributed by atoms with E-state index in [9.17, 15) is 8.42 Å². The molecule has 0 radical (unpaired) electrons. The van der Waals surface area contributed by atoms with Gasteiger partial charge in [0.2, 0.25) is 10.0 Å². The van der Waals surface area contributed by atoms with Gasteiger partial charge in [-0.2, -0.15) is 4.31 Å². The molecule has 1 fully saturated rings. The maximum atomic E-state index is 11.6. The first-order valence-electron chi connectivity index (χ1n) is 9.27. The molecule has 0 bridgehead atoms. The summed E-state index contributed by atoms with van der Waals surface area (Å²) in [6.45, 7) is 3.14. The Morgan fingerprint density at radius 3 is 2.50 bits per heavy atom. The minimum absolute atomic E-state index is 0.525. The van der Waals surface area contributed by atoms with Crippen molar-refractivity contribution < 1.29 is 17.6 Å². The SMILES string of the molecule is COc1ccccc1-c1ccc2oc(CN3CCN(S(C)(=O)=O)CC3)cc2c1. The van der Waals surface area contributed by atoms with Gasteiger partial charge in [-0.25, -0.2) is 8.42 Å². The van der Waals surface area contributed by atoms with E-state index < -0.39 is 10.0 Å². The molecule has 1 aliphatic heterocycles. The van der Waals surface area contributed by atoms with E-state index in [0.29, 0.717) is 32.7 Å². The lowest BCUT2D eigenvalue weighted by molar-refractivity contribution is 0.172. The number of fused-ring (bicyclic) bond motifs is 1. The number of piperazine rings is 1. The summed E-state index contributed by atoms with van der Waals surface area (Å²) in [5.41, 5.74) is 2.98. The Morgan fingerprint density at radius 1 is 1.04 bits per heavy atom. The van der Waals surface area contributed by atoms with Gasteiger partial charge in [0.05, 0.1) is 19.9 Å². The molecule has 3 aromatic rings. The number of methoxy groups -OCH3 is 1. The van der Waals surface area contributed by atoms with Crippen molar-refractivity contribution in [3.8, 4) is 16.9 Å². The third kappa shape index (κ3) is 3.92. The van der Waals surface area contributed by atoms with Crippen LogP contribution in [0, 0.1) is 0 Å². The number of hydrogen-bond donors (Lipinski definition) is 0. The Kier molecular flexibility index (Phi) is 5.14. The zero-order valence-corrected chi connectivity index (χ0v) is 16.9. The Morgan fingerprint density at radius 2 is 1.79 bits per heavy atom. The van der Waals surface area contributed by atoms with Crippen LogP contribution in [0.25, 0.3) is 22.1 Å². The van der Waals surface area contributed by atoms with E-state index in [0.717, 1.165) is 33.6 Å². The molecule has 1 saturated heterocycles. The fourth-order valence-electron chi connectivity index (χ4n) is 3.67. The summed E-state index contributed by atoms with van der Waals surface area (Å²) < 4.78 is 36.3. The number of benzene rings is 2. The summed E-state index contributed by atoms with van der Waals surface area (Å²) >= 11 is 0. The molecule has 0 atom stereocenters. The second kappa shape index (κ2) is 7.58. The van der Waals surface area contributed by atoms with Crippen molar-refractivity contribution in [1.29, 1.82) is 0 Å². The highest BCUT2D eigenvalue weighted by molar-refractivity contribution is 7.88. The molecule has 0 aliphatic carbocycles. The summed E-state index contributed by atoms with van der Waals surface area (Å²) in [4.78, 5) is 2.22. The second-order valence-corrected chi connectivity index (χ2v) is 9.09. The van der Waals surface area contributed by atoms with E-state index in [4.69, 9.17) is 9.15 Å². The molecule has 6 nitrogen and oxygen atoms in total. The van der Waals surface area contributed by atoms with Gasteiger partial charge in [-0.05, 0) is 29.8 Å². The monoisotopic (exact) mass is 400 g/mol. The van der Waals surface area contributed by atoms with E-state index in [1.54, 1.807) is 7.11 Å². The van der Waals surface area contributed by atoms with Crippen molar-refractivity contribution >= 4 is 21.0 Å². The van der Waals surface area contributed by atoms with Crippen molar-refractivity contribution in [2.24, 2.45) is 0 Å². The van der Waals surface area contributed by atoms with Gasteiger partial charge in [0.1, 0.15) is 17.1 Å². The minimum atomic E-state index is -3.11. The zero-order valence-electron chi connectivity index (χ0n) is 16.1. The highest BCUT2D eigenvalue weighted by Crippen LogP contribution is 2.32. The zero-order chi connectivity index (χ0) is 19.7. The Balaban J connectivity index is 1.51. The topological polar surface area (TPSA) is 63.0 Å². The Labute approximate surface area is 165 Å². The molecule has 7 heteroatoms. The van der Waals surface area contributed by atoms with Gasteiger partial charge in [0, 0.05) is 37.1 Å². The molecular formula is C21H24N2O4S. The van der Waals surface area contributed by atoms with Crippen molar-refractivity contribution in [2.75, 3.05) is 39.5 Å². The maximum absolute atomic E-state index is 11.6. The summed E-state index contributed by atoms with van der Waals surface area (Å²) in [6, 6.07) is 16.2. The van der Waals surface area contributed by atoms with E-state index in [1.165, 1.54) is 10.6 Å². The van der Waals surface area contributed by atoms with E-state index in [2.05, 4.69) is 17.0 Å². The Hall–Kier alpha value is -2.35. The fraction of sp³-hybridized carbons (Fsp3) is 0.333. The molecule has 2 aromatic carbocycles. The number of ether oxygens (including phenoxy) is 1. The molecule has 2 heterocycles. The number of sulfonamides is 1. The number of hydrogen-bond acceptors (Lipinski definition) is 5. The van der Waals surface area contributed by atoms with Crippen LogP contribution >= 0.6 is 0 Å². The van der Waals surface area contributed by atoms with Crippen LogP contribution < -0.4 is 4.74 Å². The van der Waals surface area contributed by atoms with Crippen molar-refractivity contribution in [3.63, 3.8) is 0 Å². The lowest BCUT2D eigenvalue weighted by atomic mass is 10.0. The molecular weight excluding hydrogens is 376 g/mol. The minimum Gasteiger partial charge on any atom is -0.496 e. The molecule has 0 saturated carbocycles. The molecule has 1 aliphatic rings. The van der Waals surface area contributed by atoms with Crippen molar-refractivity contribution in [2.45, 2.75) is 6.54 Å². The highest BCUT2D eigenvalue weighted by Gasteiger charge is 2.24. The van der Waals surface area contributed by atoms with Crippen LogP contribution in [0.3, 0.4) is 0 Å². The molecule has 0 spiro atoms. The number of furan rings is 1. The van der Waals surface area contributed by atoms with Crippen LogP contribution in [0.4, 0.5) is 0 Å². The number of para-hydroxylation sites is 1. The summed E-state index contributed by atoms with van der Waals surface area (Å²) in [5, 5.41) is 1.05. The summed E-state index contributed by atoms with van der Waals surface area (Å²) in [7, 11) is -1.43. The number of rotatable bonds is 5. The molecule has 148 valence electrons. The van der Waals surface area contributed by atoms with Gasteiger partial charge in [-0.1, -0.05) is 24.3 Å². The van der Waals surface area contributed by atoms with Crippen LogP contribution in [0.5, 0.6) is 5.75 Å². The molecule has 28 heavy (non-hydrogen) atoms. The highest BCUT2D eigenvalue weighted by atomic mass is 32.2.